The van der Waals surface area contributed by atoms with Gasteiger partial charge in [-0.2, -0.15) is 0 Å². The average Bonchev–Trinajstić information content (AvgIpc) is 3.41. The summed E-state index contributed by atoms with van der Waals surface area (Å²) in [5, 5.41) is 0. The standard InChI is InChI=1S/C60H40N6/c1-7-22-41(23-8-1)47-34-21-35-48(40-47)54-52(60-65-57(45-30-15-5-16-31-45)62-58(66-60)46-32-17-6-18-33-46)39-38-50(53(54)42-24-9-2-10-25-42)49-36-19-20-37-51(49)59-63-55(43-26-11-3-12-27-43)61-56(64-59)44-28-13-4-14-29-44/h1-40H. The summed E-state index contributed by atoms with van der Waals surface area (Å²) in [4.78, 5) is 31.1. The zero-order valence-corrected chi connectivity index (χ0v) is 35.8. The van der Waals surface area contributed by atoms with Gasteiger partial charge in [0.2, 0.25) is 0 Å². The molecule has 2 aromatic heterocycles. The first-order chi connectivity index (χ1) is 32.7. The third-order valence-electron chi connectivity index (χ3n) is 11.6. The van der Waals surface area contributed by atoms with E-state index in [0.717, 1.165) is 77.9 Å². The van der Waals surface area contributed by atoms with Crippen molar-refractivity contribution in [3.8, 4) is 113 Å². The second-order valence-corrected chi connectivity index (χ2v) is 15.8. The molecule has 11 rings (SSSR count). The van der Waals surface area contributed by atoms with Crippen molar-refractivity contribution >= 4 is 0 Å². The van der Waals surface area contributed by atoms with Crippen LogP contribution in [0.15, 0.2) is 243 Å². The lowest BCUT2D eigenvalue weighted by molar-refractivity contribution is 1.07. The highest BCUT2D eigenvalue weighted by molar-refractivity contribution is 6.03. The highest BCUT2D eigenvalue weighted by Crippen LogP contribution is 2.48. The van der Waals surface area contributed by atoms with Gasteiger partial charge in [0.15, 0.2) is 34.9 Å². The molecule has 2 heterocycles. The van der Waals surface area contributed by atoms with Gasteiger partial charge < -0.3 is 0 Å². The van der Waals surface area contributed by atoms with Crippen LogP contribution >= 0.6 is 0 Å². The molecule has 0 radical (unpaired) electrons. The lowest BCUT2D eigenvalue weighted by atomic mass is 9.82. The highest BCUT2D eigenvalue weighted by Gasteiger charge is 2.25. The summed E-state index contributed by atoms with van der Waals surface area (Å²) in [6, 6.07) is 83.1. The largest absolute Gasteiger partial charge is 0.208 e. The summed E-state index contributed by atoms with van der Waals surface area (Å²) in [5.74, 6) is 3.53. The Hall–Kier alpha value is -9.00. The van der Waals surface area contributed by atoms with Gasteiger partial charge in [0, 0.05) is 38.9 Å². The van der Waals surface area contributed by atoms with Crippen LogP contribution in [0.1, 0.15) is 0 Å². The Morgan fingerprint density at radius 2 is 0.470 bits per heavy atom. The molecule has 0 spiro atoms. The molecule has 0 amide bonds. The predicted molar refractivity (Wildman–Crippen MR) is 268 cm³/mol. The number of nitrogens with zero attached hydrogens (tertiary/aromatic N) is 6. The van der Waals surface area contributed by atoms with E-state index in [1.54, 1.807) is 0 Å². The SMILES string of the molecule is c1ccc(-c2cccc(-c3c(-c4nc(-c5ccccc5)nc(-c5ccccc5)n4)ccc(-c4ccccc4-c4nc(-c5ccccc5)nc(-c5ccccc5)n4)c3-c3ccccc3)c2)cc1. The van der Waals surface area contributed by atoms with Crippen LogP contribution in [-0.4, -0.2) is 29.9 Å². The van der Waals surface area contributed by atoms with Crippen molar-refractivity contribution in [3.63, 3.8) is 0 Å². The summed E-state index contributed by atoms with van der Waals surface area (Å²) in [6.07, 6.45) is 0. The van der Waals surface area contributed by atoms with E-state index >= 15 is 0 Å². The van der Waals surface area contributed by atoms with Gasteiger partial charge in [-0.05, 0) is 51.1 Å². The van der Waals surface area contributed by atoms with Gasteiger partial charge in [-0.3, -0.25) is 0 Å². The molecular weight excluding hydrogens is 805 g/mol. The van der Waals surface area contributed by atoms with Crippen molar-refractivity contribution in [2.75, 3.05) is 0 Å². The van der Waals surface area contributed by atoms with Crippen LogP contribution in [0.5, 0.6) is 0 Å². The third kappa shape index (κ3) is 8.07. The lowest BCUT2D eigenvalue weighted by Crippen LogP contribution is -2.03. The number of hydrogen-bond acceptors (Lipinski definition) is 6. The fraction of sp³-hybridized carbons (Fsp3) is 0. The van der Waals surface area contributed by atoms with Crippen LogP contribution in [0, 0.1) is 0 Å². The van der Waals surface area contributed by atoms with E-state index < -0.39 is 0 Å². The molecule has 0 N–H and O–H groups in total. The Bertz CT molecular complexity index is 3320. The number of benzene rings is 9. The zero-order chi connectivity index (χ0) is 44.1. The van der Waals surface area contributed by atoms with Crippen molar-refractivity contribution < 1.29 is 0 Å². The maximum atomic E-state index is 5.30. The van der Waals surface area contributed by atoms with Crippen LogP contribution in [0.4, 0.5) is 0 Å². The van der Waals surface area contributed by atoms with Crippen LogP contribution < -0.4 is 0 Å². The number of rotatable bonds is 10. The molecule has 9 aromatic carbocycles. The highest BCUT2D eigenvalue weighted by atomic mass is 15.0. The molecule has 0 aliphatic carbocycles. The molecule has 0 saturated carbocycles. The van der Waals surface area contributed by atoms with Crippen molar-refractivity contribution in [2.24, 2.45) is 0 Å². The Morgan fingerprint density at radius 1 is 0.167 bits per heavy atom. The normalized spacial score (nSPS) is 11.0. The van der Waals surface area contributed by atoms with Crippen LogP contribution in [-0.2, 0) is 0 Å². The fourth-order valence-electron chi connectivity index (χ4n) is 8.47. The summed E-state index contributed by atoms with van der Waals surface area (Å²) in [6.45, 7) is 0. The minimum atomic E-state index is 0.567. The van der Waals surface area contributed by atoms with Crippen LogP contribution in [0.25, 0.3) is 113 Å². The predicted octanol–water partition coefficient (Wildman–Crippen LogP) is 14.7. The molecule has 11 aromatic rings. The summed E-state index contributed by atoms with van der Waals surface area (Å²) < 4.78 is 0. The van der Waals surface area contributed by atoms with Crippen molar-refractivity contribution in [1.29, 1.82) is 0 Å². The second kappa shape index (κ2) is 18.0. The van der Waals surface area contributed by atoms with E-state index in [0.29, 0.717) is 34.9 Å². The molecule has 6 nitrogen and oxygen atoms in total. The summed E-state index contributed by atoms with van der Waals surface area (Å²) in [7, 11) is 0. The smallest absolute Gasteiger partial charge is 0.164 e. The maximum Gasteiger partial charge on any atom is 0.164 e. The first-order valence-electron chi connectivity index (χ1n) is 22.0. The molecule has 66 heavy (non-hydrogen) atoms. The number of hydrogen-bond donors (Lipinski definition) is 0. The van der Waals surface area contributed by atoms with Crippen molar-refractivity contribution in [2.45, 2.75) is 0 Å². The van der Waals surface area contributed by atoms with Crippen molar-refractivity contribution in [3.05, 3.63) is 243 Å². The average molecular weight is 845 g/mol. The van der Waals surface area contributed by atoms with Crippen LogP contribution in [0.3, 0.4) is 0 Å². The number of aromatic nitrogens is 6. The molecule has 0 saturated heterocycles. The maximum absolute atomic E-state index is 5.30. The van der Waals surface area contributed by atoms with Gasteiger partial charge in [0.1, 0.15) is 0 Å². The Balaban J connectivity index is 1.21. The minimum absolute atomic E-state index is 0.567. The third-order valence-corrected chi connectivity index (χ3v) is 11.6. The van der Waals surface area contributed by atoms with Gasteiger partial charge in [-0.15, -0.1) is 0 Å². The molecular formula is C60H40N6. The molecule has 0 aliphatic heterocycles. The molecule has 0 aliphatic rings. The zero-order valence-electron chi connectivity index (χ0n) is 35.8. The van der Waals surface area contributed by atoms with Gasteiger partial charge in [-0.1, -0.05) is 231 Å². The van der Waals surface area contributed by atoms with Crippen molar-refractivity contribution in [1.82, 2.24) is 29.9 Å². The second-order valence-electron chi connectivity index (χ2n) is 15.8. The first kappa shape index (κ1) is 39.8. The lowest BCUT2D eigenvalue weighted by Gasteiger charge is -2.22. The molecule has 6 heteroatoms. The van der Waals surface area contributed by atoms with E-state index in [1.807, 2.05) is 127 Å². The molecule has 0 atom stereocenters. The van der Waals surface area contributed by atoms with Gasteiger partial charge >= 0.3 is 0 Å². The van der Waals surface area contributed by atoms with Gasteiger partial charge in [-0.25, -0.2) is 29.9 Å². The Morgan fingerprint density at radius 3 is 0.924 bits per heavy atom. The Labute approximate surface area is 383 Å². The summed E-state index contributed by atoms with van der Waals surface area (Å²) >= 11 is 0. The molecule has 310 valence electrons. The molecule has 0 unspecified atom stereocenters. The summed E-state index contributed by atoms with van der Waals surface area (Å²) in [5.41, 5.74) is 13.6. The monoisotopic (exact) mass is 844 g/mol. The van der Waals surface area contributed by atoms with E-state index in [2.05, 4.69) is 115 Å². The van der Waals surface area contributed by atoms with Gasteiger partial charge in [0.25, 0.3) is 0 Å². The fourth-order valence-corrected chi connectivity index (χ4v) is 8.47. The van der Waals surface area contributed by atoms with Gasteiger partial charge in [0.05, 0.1) is 0 Å². The van der Waals surface area contributed by atoms with E-state index in [1.165, 1.54) is 0 Å². The minimum Gasteiger partial charge on any atom is -0.208 e. The van der Waals surface area contributed by atoms with E-state index in [9.17, 15) is 0 Å². The Kier molecular flexibility index (Phi) is 10.9. The quantitative estimate of drug-likeness (QED) is 0.136. The van der Waals surface area contributed by atoms with Crippen LogP contribution in [0.2, 0.25) is 0 Å². The molecule has 0 bridgehead atoms. The molecule has 0 fully saturated rings. The first-order valence-corrected chi connectivity index (χ1v) is 22.0. The van der Waals surface area contributed by atoms with E-state index in [-0.39, 0.29) is 0 Å². The topological polar surface area (TPSA) is 77.3 Å². The van der Waals surface area contributed by atoms with E-state index in [4.69, 9.17) is 29.9 Å².